The molecule has 1 fully saturated rings. The molecule has 6 nitrogen and oxygen atoms in total. The summed E-state index contributed by atoms with van der Waals surface area (Å²) in [6.45, 7) is 4.87. The average molecular weight is 382 g/mol. The summed E-state index contributed by atoms with van der Waals surface area (Å²) < 4.78 is 5.75. The van der Waals surface area contributed by atoms with Gasteiger partial charge in [-0.25, -0.2) is 0 Å². The number of carbonyl (C=O) groups is 1. The Morgan fingerprint density at radius 2 is 1.89 bits per heavy atom. The molecule has 0 N–H and O–H groups in total. The topological polar surface area (TPSA) is 72.7 Å². The van der Waals surface area contributed by atoms with E-state index in [1.165, 1.54) is 11.6 Å². The molecule has 2 aromatic carbocycles. The molecule has 0 spiro atoms. The number of amides is 1. The molecule has 0 saturated carbocycles. The summed E-state index contributed by atoms with van der Waals surface area (Å²) in [5.74, 6) is 1.04. The van der Waals surface area contributed by atoms with E-state index in [9.17, 15) is 14.9 Å². The maximum atomic E-state index is 12.7. The standard InChI is InChI=1S/C22H26N2O4/c1-16-14-20(8-9-21(16)24(26)27)28-17(2)22(25)23-12-10-19(11-13-23)15-18-6-4-3-5-7-18/h3-9,14,17,19H,10-13,15H2,1-2H3/t17-/m1/s1. The maximum Gasteiger partial charge on any atom is 0.272 e. The molecule has 6 heteroatoms. The third-order valence-corrected chi connectivity index (χ3v) is 5.32. The van der Waals surface area contributed by atoms with Crippen molar-refractivity contribution in [3.8, 4) is 5.75 Å². The minimum Gasteiger partial charge on any atom is -0.481 e. The van der Waals surface area contributed by atoms with Crippen molar-refractivity contribution in [1.29, 1.82) is 0 Å². The van der Waals surface area contributed by atoms with Crippen LogP contribution in [0.2, 0.25) is 0 Å². The Morgan fingerprint density at radius 3 is 2.50 bits per heavy atom. The van der Waals surface area contributed by atoms with E-state index in [0.29, 0.717) is 17.2 Å². The third-order valence-electron chi connectivity index (χ3n) is 5.32. The molecule has 1 aliphatic heterocycles. The van der Waals surface area contributed by atoms with Crippen LogP contribution in [0.25, 0.3) is 0 Å². The first-order valence-corrected chi connectivity index (χ1v) is 9.68. The molecule has 1 heterocycles. The fourth-order valence-electron chi connectivity index (χ4n) is 3.72. The summed E-state index contributed by atoms with van der Waals surface area (Å²) in [7, 11) is 0. The van der Waals surface area contributed by atoms with Crippen molar-refractivity contribution in [2.24, 2.45) is 5.92 Å². The predicted molar refractivity (Wildman–Crippen MR) is 107 cm³/mol. The van der Waals surface area contributed by atoms with Crippen molar-refractivity contribution < 1.29 is 14.5 Å². The number of ether oxygens (including phenoxy) is 1. The average Bonchev–Trinajstić information content (AvgIpc) is 2.68. The smallest absolute Gasteiger partial charge is 0.272 e. The molecule has 2 aromatic rings. The number of rotatable bonds is 6. The summed E-state index contributed by atoms with van der Waals surface area (Å²) in [6.07, 6.45) is 2.41. The molecule has 1 aliphatic rings. The van der Waals surface area contributed by atoms with Crippen LogP contribution in [0, 0.1) is 23.0 Å². The van der Waals surface area contributed by atoms with Crippen molar-refractivity contribution in [3.63, 3.8) is 0 Å². The first-order chi connectivity index (χ1) is 13.4. The summed E-state index contributed by atoms with van der Waals surface area (Å²) >= 11 is 0. The number of benzene rings is 2. The number of hydrogen-bond acceptors (Lipinski definition) is 4. The number of hydrogen-bond donors (Lipinski definition) is 0. The number of nitro groups is 1. The van der Waals surface area contributed by atoms with Gasteiger partial charge in [-0.3, -0.25) is 14.9 Å². The monoisotopic (exact) mass is 382 g/mol. The highest BCUT2D eigenvalue weighted by molar-refractivity contribution is 5.81. The van der Waals surface area contributed by atoms with Gasteiger partial charge in [0.15, 0.2) is 6.10 Å². The van der Waals surface area contributed by atoms with Crippen molar-refractivity contribution in [1.82, 2.24) is 4.90 Å². The summed E-state index contributed by atoms with van der Waals surface area (Å²) in [4.78, 5) is 25.1. The van der Waals surface area contributed by atoms with Crippen LogP contribution in [0.3, 0.4) is 0 Å². The van der Waals surface area contributed by atoms with E-state index >= 15 is 0 Å². The molecular formula is C22H26N2O4. The lowest BCUT2D eigenvalue weighted by molar-refractivity contribution is -0.385. The van der Waals surface area contributed by atoms with Gasteiger partial charge >= 0.3 is 0 Å². The molecule has 1 amide bonds. The van der Waals surface area contributed by atoms with Gasteiger partial charge in [0.2, 0.25) is 0 Å². The largest absolute Gasteiger partial charge is 0.481 e. The second-order valence-corrected chi connectivity index (χ2v) is 7.42. The zero-order chi connectivity index (χ0) is 20.1. The van der Waals surface area contributed by atoms with Crippen LogP contribution < -0.4 is 4.74 Å². The number of likely N-dealkylation sites (tertiary alicyclic amines) is 1. The Kier molecular flexibility index (Phi) is 6.29. The highest BCUT2D eigenvalue weighted by Gasteiger charge is 2.27. The minimum absolute atomic E-state index is 0.0332. The molecule has 0 aromatic heterocycles. The Labute approximate surface area is 165 Å². The predicted octanol–water partition coefficient (Wildman–Crippen LogP) is 4.15. The molecule has 0 unspecified atom stereocenters. The van der Waals surface area contributed by atoms with E-state index in [0.717, 1.165) is 32.4 Å². The number of nitrogens with zero attached hydrogens (tertiary/aromatic N) is 2. The van der Waals surface area contributed by atoms with Crippen LogP contribution >= 0.6 is 0 Å². The van der Waals surface area contributed by atoms with Gasteiger partial charge in [0.25, 0.3) is 11.6 Å². The molecule has 28 heavy (non-hydrogen) atoms. The number of piperidine rings is 1. The molecule has 3 rings (SSSR count). The Balaban J connectivity index is 1.52. The second kappa shape index (κ2) is 8.87. The van der Waals surface area contributed by atoms with Gasteiger partial charge in [0.1, 0.15) is 5.75 Å². The van der Waals surface area contributed by atoms with Gasteiger partial charge in [-0.2, -0.15) is 0 Å². The first kappa shape index (κ1) is 19.9. The van der Waals surface area contributed by atoms with E-state index in [2.05, 4.69) is 24.3 Å². The number of carbonyl (C=O) groups excluding carboxylic acids is 1. The minimum atomic E-state index is -0.619. The zero-order valence-corrected chi connectivity index (χ0v) is 16.3. The third kappa shape index (κ3) is 4.88. The lowest BCUT2D eigenvalue weighted by Crippen LogP contribution is -2.45. The molecule has 1 saturated heterocycles. The van der Waals surface area contributed by atoms with Crippen LogP contribution in [0.5, 0.6) is 5.75 Å². The number of nitro benzene ring substituents is 1. The van der Waals surface area contributed by atoms with Gasteiger partial charge in [-0.05, 0) is 56.7 Å². The Hall–Kier alpha value is -2.89. The van der Waals surface area contributed by atoms with Crippen molar-refractivity contribution in [3.05, 3.63) is 69.8 Å². The van der Waals surface area contributed by atoms with E-state index in [1.807, 2.05) is 11.0 Å². The van der Waals surface area contributed by atoms with Crippen molar-refractivity contribution >= 4 is 11.6 Å². The van der Waals surface area contributed by atoms with E-state index in [1.54, 1.807) is 26.0 Å². The summed E-state index contributed by atoms with van der Waals surface area (Å²) in [5.41, 5.74) is 1.91. The van der Waals surface area contributed by atoms with Gasteiger partial charge in [0.05, 0.1) is 4.92 Å². The zero-order valence-electron chi connectivity index (χ0n) is 16.3. The first-order valence-electron chi connectivity index (χ1n) is 9.68. The lowest BCUT2D eigenvalue weighted by Gasteiger charge is -2.33. The van der Waals surface area contributed by atoms with Crippen molar-refractivity contribution in [2.75, 3.05) is 13.1 Å². The molecule has 0 aliphatic carbocycles. The van der Waals surface area contributed by atoms with Crippen LogP contribution in [-0.4, -0.2) is 34.9 Å². The van der Waals surface area contributed by atoms with Gasteiger partial charge in [-0.1, -0.05) is 30.3 Å². The van der Waals surface area contributed by atoms with E-state index < -0.39 is 11.0 Å². The summed E-state index contributed by atoms with van der Waals surface area (Å²) in [6, 6.07) is 15.0. The maximum absolute atomic E-state index is 12.7. The van der Waals surface area contributed by atoms with Crippen LogP contribution in [0.1, 0.15) is 30.9 Å². The van der Waals surface area contributed by atoms with Gasteiger partial charge in [-0.15, -0.1) is 0 Å². The fraction of sp³-hybridized carbons (Fsp3) is 0.409. The lowest BCUT2D eigenvalue weighted by atomic mass is 9.90. The number of aryl methyl sites for hydroxylation is 1. The van der Waals surface area contributed by atoms with E-state index in [4.69, 9.17) is 4.74 Å². The molecule has 1 atom stereocenters. The molecule has 0 radical (unpaired) electrons. The summed E-state index contributed by atoms with van der Waals surface area (Å²) in [5, 5.41) is 10.9. The molecular weight excluding hydrogens is 356 g/mol. The van der Waals surface area contributed by atoms with E-state index in [-0.39, 0.29) is 11.6 Å². The Morgan fingerprint density at radius 1 is 1.21 bits per heavy atom. The highest BCUT2D eigenvalue weighted by Crippen LogP contribution is 2.25. The van der Waals surface area contributed by atoms with Crippen LogP contribution in [0.15, 0.2) is 48.5 Å². The van der Waals surface area contributed by atoms with Gasteiger partial charge in [0, 0.05) is 24.7 Å². The molecule has 0 bridgehead atoms. The normalized spacial score (nSPS) is 15.9. The SMILES string of the molecule is Cc1cc(O[C@H](C)C(=O)N2CCC(Cc3ccccc3)CC2)ccc1[N+](=O)[O-]. The van der Waals surface area contributed by atoms with Gasteiger partial charge < -0.3 is 9.64 Å². The quantitative estimate of drug-likeness (QED) is 0.556. The van der Waals surface area contributed by atoms with Crippen LogP contribution in [0.4, 0.5) is 5.69 Å². The molecule has 148 valence electrons. The van der Waals surface area contributed by atoms with Crippen LogP contribution in [-0.2, 0) is 11.2 Å². The highest BCUT2D eigenvalue weighted by atomic mass is 16.6. The Bertz CT molecular complexity index is 830. The fourth-order valence-corrected chi connectivity index (χ4v) is 3.72. The van der Waals surface area contributed by atoms with Crippen molar-refractivity contribution in [2.45, 2.75) is 39.2 Å². The second-order valence-electron chi connectivity index (χ2n) is 7.42.